The van der Waals surface area contributed by atoms with Gasteiger partial charge in [0.2, 0.25) is 0 Å². The normalized spacial score (nSPS) is 13.8. The Hall–Kier alpha value is -4.00. The first kappa shape index (κ1) is 22.2. The summed E-state index contributed by atoms with van der Waals surface area (Å²) in [5.74, 6) is -1.71. The Labute approximate surface area is 191 Å². The van der Waals surface area contributed by atoms with E-state index in [-0.39, 0.29) is 18.3 Å². The van der Waals surface area contributed by atoms with Crippen LogP contribution in [0.2, 0.25) is 0 Å². The SMILES string of the molecule is O=C(NCc1ccccc1F)c1ccc(CN2CCN(Cc3ccccc3)C(=O)C2=O)cc1. The second-order valence-corrected chi connectivity index (χ2v) is 7.91. The van der Waals surface area contributed by atoms with E-state index in [1.165, 1.54) is 11.0 Å². The number of nitrogens with zero attached hydrogens (tertiary/aromatic N) is 2. The molecule has 3 aromatic rings. The third-order valence-electron chi connectivity index (χ3n) is 5.60. The molecule has 1 N–H and O–H groups in total. The van der Waals surface area contributed by atoms with Gasteiger partial charge in [0.1, 0.15) is 5.82 Å². The highest BCUT2D eigenvalue weighted by Gasteiger charge is 2.32. The maximum absolute atomic E-state index is 13.7. The minimum Gasteiger partial charge on any atom is -0.348 e. The summed E-state index contributed by atoms with van der Waals surface area (Å²) in [6.07, 6.45) is 0. The number of amides is 3. The first-order chi connectivity index (χ1) is 16.0. The van der Waals surface area contributed by atoms with E-state index in [1.54, 1.807) is 47.4 Å². The fourth-order valence-electron chi connectivity index (χ4n) is 3.72. The summed E-state index contributed by atoms with van der Waals surface area (Å²) in [5.41, 5.74) is 2.65. The first-order valence-electron chi connectivity index (χ1n) is 10.7. The van der Waals surface area contributed by atoms with Crippen LogP contribution in [0.5, 0.6) is 0 Å². The summed E-state index contributed by atoms with van der Waals surface area (Å²) < 4.78 is 13.7. The molecule has 168 valence electrons. The van der Waals surface area contributed by atoms with Gasteiger partial charge in [-0.1, -0.05) is 60.7 Å². The standard InChI is InChI=1S/C26H24FN3O3/c27-23-9-5-4-8-22(23)16-28-24(31)21-12-10-20(11-13-21)18-30-15-14-29(25(32)26(30)33)17-19-6-2-1-3-7-19/h1-13H,14-18H2,(H,28,31). The van der Waals surface area contributed by atoms with Crippen molar-refractivity contribution in [1.29, 1.82) is 0 Å². The smallest absolute Gasteiger partial charge is 0.312 e. The fraction of sp³-hybridized carbons (Fsp3) is 0.192. The molecular formula is C26H24FN3O3. The van der Waals surface area contributed by atoms with Crippen LogP contribution in [0.15, 0.2) is 78.9 Å². The van der Waals surface area contributed by atoms with Gasteiger partial charge in [-0.05, 0) is 29.3 Å². The third kappa shape index (κ3) is 5.44. The molecule has 0 spiro atoms. The molecule has 7 heteroatoms. The van der Waals surface area contributed by atoms with Gasteiger partial charge in [0.25, 0.3) is 5.91 Å². The van der Waals surface area contributed by atoms with Crippen LogP contribution in [0.4, 0.5) is 4.39 Å². The Bertz CT molecular complexity index is 1150. The molecule has 3 aromatic carbocycles. The molecule has 1 saturated heterocycles. The summed E-state index contributed by atoms with van der Waals surface area (Å²) in [6.45, 7) is 1.71. The summed E-state index contributed by atoms with van der Waals surface area (Å²) >= 11 is 0. The number of nitrogens with one attached hydrogen (secondary N) is 1. The van der Waals surface area contributed by atoms with Crippen molar-refractivity contribution in [2.45, 2.75) is 19.6 Å². The highest BCUT2D eigenvalue weighted by molar-refractivity contribution is 6.35. The molecule has 1 heterocycles. The zero-order chi connectivity index (χ0) is 23.2. The van der Waals surface area contributed by atoms with Crippen molar-refractivity contribution in [2.24, 2.45) is 0 Å². The summed E-state index contributed by atoms with van der Waals surface area (Å²) in [7, 11) is 0. The number of rotatable bonds is 7. The average molecular weight is 445 g/mol. The second-order valence-electron chi connectivity index (χ2n) is 7.91. The zero-order valence-electron chi connectivity index (χ0n) is 18.0. The summed E-state index contributed by atoms with van der Waals surface area (Å²) in [6, 6.07) is 22.7. The number of benzene rings is 3. The van der Waals surface area contributed by atoms with Crippen molar-refractivity contribution in [2.75, 3.05) is 13.1 Å². The Morgan fingerprint density at radius 1 is 0.758 bits per heavy atom. The number of hydrogen-bond acceptors (Lipinski definition) is 3. The molecule has 0 aliphatic carbocycles. The van der Waals surface area contributed by atoms with Crippen molar-refractivity contribution < 1.29 is 18.8 Å². The van der Waals surface area contributed by atoms with E-state index in [2.05, 4.69) is 5.32 Å². The van der Waals surface area contributed by atoms with Gasteiger partial charge in [0.15, 0.2) is 0 Å². The van der Waals surface area contributed by atoms with Crippen LogP contribution in [0, 0.1) is 5.82 Å². The molecular weight excluding hydrogens is 421 g/mol. The molecule has 0 radical (unpaired) electrons. The van der Waals surface area contributed by atoms with Gasteiger partial charge in [-0.3, -0.25) is 14.4 Å². The molecule has 0 atom stereocenters. The first-order valence-corrected chi connectivity index (χ1v) is 10.7. The van der Waals surface area contributed by atoms with E-state index >= 15 is 0 Å². The van der Waals surface area contributed by atoms with Crippen LogP contribution >= 0.6 is 0 Å². The minimum atomic E-state index is -0.524. The molecule has 4 rings (SSSR count). The van der Waals surface area contributed by atoms with E-state index < -0.39 is 11.8 Å². The van der Waals surface area contributed by atoms with Crippen molar-refractivity contribution in [1.82, 2.24) is 15.1 Å². The molecule has 1 aliphatic heterocycles. The van der Waals surface area contributed by atoms with Crippen molar-refractivity contribution in [3.05, 3.63) is 107 Å². The lowest BCUT2D eigenvalue weighted by Gasteiger charge is -2.33. The maximum Gasteiger partial charge on any atom is 0.312 e. The van der Waals surface area contributed by atoms with Gasteiger partial charge < -0.3 is 15.1 Å². The van der Waals surface area contributed by atoms with Crippen LogP contribution in [-0.2, 0) is 29.2 Å². The molecule has 3 amide bonds. The molecule has 1 fully saturated rings. The van der Waals surface area contributed by atoms with Gasteiger partial charge in [0.05, 0.1) is 0 Å². The fourth-order valence-corrected chi connectivity index (χ4v) is 3.72. The summed E-state index contributed by atoms with van der Waals surface area (Å²) in [5, 5.41) is 2.70. The number of halogens is 1. The van der Waals surface area contributed by atoms with Crippen molar-refractivity contribution in [3.63, 3.8) is 0 Å². The van der Waals surface area contributed by atoms with Gasteiger partial charge >= 0.3 is 11.8 Å². The Kier molecular flexibility index (Phi) is 6.78. The molecule has 6 nitrogen and oxygen atoms in total. The number of hydrogen-bond donors (Lipinski definition) is 1. The Morgan fingerprint density at radius 2 is 1.30 bits per heavy atom. The van der Waals surface area contributed by atoms with Crippen molar-refractivity contribution >= 4 is 17.7 Å². The van der Waals surface area contributed by atoms with Crippen LogP contribution in [0.1, 0.15) is 27.0 Å². The number of carbonyl (C=O) groups excluding carboxylic acids is 3. The van der Waals surface area contributed by atoms with Gasteiger partial charge in [-0.15, -0.1) is 0 Å². The van der Waals surface area contributed by atoms with E-state index in [0.717, 1.165) is 11.1 Å². The van der Waals surface area contributed by atoms with Gasteiger partial charge in [-0.25, -0.2) is 4.39 Å². The summed E-state index contributed by atoms with van der Waals surface area (Å²) in [4.78, 5) is 40.6. The second kappa shape index (κ2) is 10.1. The van der Waals surface area contributed by atoms with Crippen LogP contribution in [-0.4, -0.2) is 40.6 Å². The molecule has 0 bridgehead atoms. The highest BCUT2D eigenvalue weighted by Crippen LogP contribution is 2.15. The lowest BCUT2D eigenvalue weighted by Crippen LogP contribution is -2.53. The predicted octanol–water partition coefficient (Wildman–Crippen LogP) is 3.13. The minimum absolute atomic E-state index is 0.0944. The van der Waals surface area contributed by atoms with E-state index in [1.807, 2.05) is 30.3 Å². The van der Waals surface area contributed by atoms with Crippen molar-refractivity contribution in [3.8, 4) is 0 Å². The zero-order valence-corrected chi connectivity index (χ0v) is 18.0. The topological polar surface area (TPSA) is 69.7 Å². The van der Waals surface area contributed by atoms with E-state index in [9.17, 15) is 18.8 Å². The number of carbonyl (C=O) groups is 3. The maximum atomic E-state index is 13.7. The van der Waals surface area contributed by atoms with E-state index in [0.29, 0.717) is 37.3 Å². The van der Waals surface area contributed by atoms with Crippen LogP contribution in [0.25, 0.3) is 0 Å². The average Bonchev–Trinajstić information content (AvgIpc) is 2.84. The van der Waals surface area contributed by atoms with Gasteiger partial charge in [-0.2, -0.15) is 0 Å². The molecule has 0 saturated carbocycles. The monoisotopic (exact) mass is 445 g/mol. The Morgan fingerprint density at radius 3 is 1.91 bits per heavy atom. The molecule has 33 heavy (non-hydrogen) atoms. The molecule has 1 aliphatic rings. The quantitative estimate of drug-likeness (QED) is 0.568. The molecule has 0 aromatic heterocycles. The molecule has 0 unspecified atom stereocenters. The third-order valence-corrected chi connectivity index (χ3v) is 5.60. The van der Waals surface area contributed by atoms with Gasteiger partial charge in [0, 0.05) is 43.9 Å². The number of piperazine rings is 1. The lowest BCUT2D eigenvalue weighted by atomic mass is 10.1. The lowest BCUT2D eigenvalue weighted by molar-refractivity contribution is -0.156. The van der Waals surface area contributed by atoms with E-state index in [4.69, 9.17) is 0 Å². The Balaban J connectivity index is 1.31. The highest BCUT2D eigenvalue weighted by atomic mass is 19.1. The van der Waals surface area contributed by atoms with Crippen LogP contribution in [0.3, 0.4) is 0 Å². The predicted molar refractivity (Wildman–Crippen MR) is 121 cm³/mol. The van der Waals surface area contributed by atoms with Crippen LogP contribution < -0.4 is 5.32 Å². The largest absolute Gasteiger partial charge is 0.348 e.